The van der Waals surface area contributed by atoms with Crippen LogP contribution in [0, 0.1) is 0 Å². The van der Waals surface area contributed by atoms with Crippen molar-refractivity contribution in [3.63, 3.8) is 0 Å². The molecule has 0 aliphatic carbocycles. The van der Waals surface area contributed by atoms with Crippen molar-refractivity contribution in [2.75, 3.05) is 13.1 Å². The van der Waals surface area contributed by atoms with Crippen molar-refractivity contribution in [2.45, 2.75) is 38.1 Å². The van der Waals surface area contributed by atoms with Gasteiger partial charge < -0.3 is 15.5 Å². The number of aromatic nitrogens is 1. The quantitative estimate of drug-likeness (QED) is 0.772. The first-order valence-corrected chi connectivity index (χ1v) is 5.75. The Hall–Kier alpha value is -0.870. The first-order valence-electron chi connectivity index (χ1n) is 5.75. The monoisotopic (exact) mass is 209 g/mol. The summed E-state index contributed by atoms with van der Waals surface area (Å²) in [5.41, 5.74) is 6.44. The minimum absolute atomic E-state index is 0.545. The summed E-state index contributed by atoms with van der Waals surface area (Å²) in [6.45, 7) is 1.76. The zero-order valence-electron chi connectivity index (χ0n) is 9.04. The lowest BCUT2D eigenvalue weighted by Gasteiger charge is -2.21. The van der Waals surface area contributed by atoms with Crippen LogP contribution in [0.15, 0.2) is 10.7 Å². The molecule has 1 aliphatic rings. The van der Waals surface area contributed by atoms with Gasteiger partial charge >= 0.3 is 0 Å². The number of hydrogen-bond donors (Lipinski definition) is 2. The van der Waals surface area contributed by atoms with Crippen molar-refractivity contribution in [3.05, 3.63) is 17.8 Å². The highest BCUT2D eigenvalue weighted by Crippen LogP contribution is 2.12. The predicted octanol–water partition coefficient (Wildman–Crippen LogP) is 0.860. The topological polar surface area (TPSA) is 64.1 Å². The molecule has 1 saturated heterocycles. The molecule has 1 aromatic heterocycles. The van der Waals surface area contributed by atoms with E-state index in [0.717, 1.165) is 31.0 Å². The highest BCUT2D eigenvalue weighted by molar-refractivity contribution is 4.98. The van der Waals surface area contributed by atoms with Gasteiger partial charge in [0, 0.05) is 18.9 Å². The number of nitrogens with one attached hydrogen (secondary N) is 1. The first kappa shape index (κ1) is 10.6. The van der Waals surface area contributed by atoms with Crippen molar-refractivity contribution in [1.82, 2.24) is 10.3 Å². The van der Waals surface area contributed by atoms with Crippen LogP contribution < -0.4 is 11.1 Å². The third kappa shape index (κ3) is 3.04. The summed E-state index contributed by atoms with van der Waals surface area (Å²) in [6.07, 6.45) is 7.28. The Balaban J connectivity index is 1.86. The van der Waals surface area contributed by atoms with E-state index < -0.39 is 0 Å². The van der Waals surface area contributed by atoms with Crippen molar-refractivity contribution >= 4 is 0 Å². The Morgan fingerprint density at radius 1 is 1.53 bits per heavy atom. The highest BCUT2D eigenvalue weighted by atomic mass is 16.3. The normalized spacial score (nSPS) is 21.8. The summed E-state index contributed by atoms with van der Waals surface area (Å²) in [5.74, 6) is 0.845. The number of rotatable bonds is 4. The number of nitrogens with two attached hydrogens (primary N) is 1. The van der Waals surface area contributed by atoms with Gasteiger partial charge in [-0.2, -0.15) is 0 Å². The van der Waals surface area contributed by atoms with Gasteiger partial charge in [-0.05, 0) is 25.9 Å². The summed E-state index contributed by atoms with van der Waals surface area (Å²) < 4.78 is 5.41. The fraction of sp³-hybridized carbons (Fsp3) is 0.727. The second-order valence-electron chi connectivity index (χ2n) is 4.12. The smallest absolute Gasteiger partial charge is 0.195 e. The Kier molecular flexibility index (Phi) is 3.75. The molecule has 0 spiro atoms. The maximum Gasteiger partial charge on any atom is 0.195 e. The van der Waals surface area contributed by atoms with Gasteiger partial charge in [-0.25, -0.2) is 4.98 Å². The van der Waals surface area contributed by atoms with Gasteiger partial charge in [0.1, 0.15) is 6.26 Å². The zero-order chi connectivity index (χ0) is 10.5. The third-order valence-electron chi connectivity index (χ3n) is 2.83. The van der Waals surface area contributed by atoms with Crippen LogP contribution in [-0.2, 0) is 12.8 Å². The largest absolute Gasteiger partial charge is 0.449 e. The standard InChI is InChI=1S/C11H19N3O/c12-5-4-10-8-15-11(14-10)7-9-3-1-2-6-13-9/h8-9,13H,1-7,12H2. The van der Waals surface area contributed by atoms with E-state index in [1.54, 1.807) is 6.26 Å². The zero-order valence-corrected chi connectivity index (χ0v) is 9.04. The van der Waals surface area contributed by atoms with Crippen LogP contribution in [0.25, 0.3) is 0 Å². The maximum atomic E-state index is 5.46. The number of hydrogen-bond acceptors (Lipinski definition) is 4. The molecule has 0 bridgehead atoms. The predicted molar refractivity (Wildman–Crippen MR) is 58.6 cm³/mol. The van der Waals surface area contributed by atoms with E-state index in [4.69, 9.17) is 10.2 Å². The van der Waals surface area contributed by atoms with Crippen LogP contribution >= 0.6 is 0 Å². The van der Waals surface area contributed by atoms with Crippen LogP contribution in [0.2, 0.25) is 0 Å². The molecular weight excluding hydrogens is 190 g/mol. The first-order chi connectivity index (χ1) is 7.38. The number of oxazole rings is 1. The van der Waals surface area contributed by atoms with Crippen molar-refractivity contribution in [1.29, 1.82) is 0 Å². The molecule has 1 aromatic rings. The van der Waals surface area contributed by atoms with Crippen LogP contribution in [-0.4, -0.2) is 24.1 Å². The molecular formula is C11H19N3O. The molecule has 2 rings (SSSR count). The molecule has 15 heavy (non-hydrogen) atoms. The van der Waals surface area contributed by atoms with Crippen molar-refractivity contribution < 1.29 is 4.42 Å². The van der Waals surface area contributed by atoms with Gasteiger partial charge in [0.15, 0.2) is 5.89 Å². The van der Waals surface area contributed by atoms with Gasteiger partial charge in [-0.3, -0.25) is 0 Å². The molecule has 84 valence electrons. The molecule has 4 heteroatoms. The molecule has 0 aromatic carbocycles. The van der Waals surface area contributed by atoms with E-state index in [0.29, 0.717) is 12.6 Å². The molecule has 1 unspecified atom stereocenters. The lowest BCUT2D eigenvalue weighted by Crippen LogP contribution is -2.35. The van der Waals surface area contributed by atoms with Gasteiger partial charge in [-0.1, -0.05) is 6.42 Å². The Morgan fingerprint density at radius 3 is 3.20 bits per heavy atom. The molecule has 3 N–H and O–H groups in total. The molecule has 0 radical (unpaired) electrons. The Bertz CT molecular complexity index is 292. The molecule has 1 aliphatic heterocycles. The minimum atomic E-state index is 0.545. The fourth-order valence-electron chi connectivity index (χ4n) is 2.01. The second-order valence-corrected chi connectivity index (χ2v) is 4.12. The van der Waals surface area contributed by atoms with Gasteiger partial charge in [0.25, 0.3) is 0 Å². The van der Waals surface area contributed by atoms with E-state index in [2.05, 4.69) is 10.3 Å². The van der Waals surface area contributed by atoms with Crippen LogP contribution in [0.3, 0.4) is 0 Å². The van der Waals surface area contributed by atoms with Crippen LogP contribution in [0.5, 0.6) is 0 Å². The van der Waals surface area contributed by atoms with E-state index in [1.165, 1.54) is 19.3 Å². The Labute approximate surface area is 90.2 Å². The summed E-state index contributed by atoms with van der Waals surface area (Å²) >= 11 is 0. The second kappa shape index (κ2) is 5.28. The summed E-state index contributed by atoms with van der Waals surface area (Å²) in [6, 6.07) is 0.545. The lowest BCUT2D eigenvalue weighted by molar-refractivity contribution is 0.367. The van der Waals surface area contributed by atoms with E-state index >= 15 is 0 Å². The summed E-state index contributed by atoms with van der Waals surface area (Å²) in [7, 11) is 0. The third-order valence-corrected chi connectivity index (χ3v) is 2.83. The fourth-order valence-corrected chi connectivity index (χ4v) is 2.01. The van der Waals surface area contributed by atoms with Gasteiger partial charge in [0.05, 0.1) is 5.69 Å². The minimum Gasteiger partial charge on any atom is -0.449 e. The van der Waals surface area contributed by atoms with Crippen molar-refractivity contribution in [2.24, 2.45) is 5.73 Å². The number of nitrogens with zero attached hydrogens (tertiary/aromatic N) is 1. The molecule has 2 heterocycles. The number of piperidine rings is 1. The molecule has 1 fully saturated rings. The maximum absolute atomic E-state index is 5.46. The average molecular weight is 209 g/mol. The molecule has 0 amide bonds. The van der Waals surface area contributed by atoms with Gasteiger partial charge in [-0.15, -0.1) is 0 Å². The lowest BCUT2D eigenvalue weighted by atomic mass is 10.0. The van der Waals surface area contributed by atoms with E-state index in [1.807, 2.05) is 0 Å². The Morgan fingerprint density at radius 2 is 2.47 bits per heavy atom. The summed E-state index contributed by atoms with van der Waals surface area (Å²) in [5, 5.41) is 3.48. The average Bonchev–Trinajstić information content (AvgIpc) is 2.68. The molecule has 1 atom stereocenters. The van der Waals surface area contributed by atoms with Crippen LogP contribution in [0.1, 0.15) is 30.8 Å². The van der Waals surface area contributed by atoms with Crippen LogP contribution in [0.4, 0.5) is 0 Å². The van der Waals surface area contributed by atoms with E-state index in [-0.39, 0.29) is 0 Å². The van der Waals surface area contributed by atoms with Crippen molar-refractivity contribution in [3.8, 4) is 0 Å². The van der Waals surface area contributed by atoms with E-state index in [9.17, 15) is 0 Å². The molecule has 0 saturated carbocycles. The van der Waals surface area contributed by atoms with Gasteiger partial charge in [0.2, 0.25) is 0 Å². The summed E-state index contributed by atoms with van der Waals surface area (Å²) in [4.78, 5) is 4.41. The SMILES string of the molecule is NCCc1coc(CC2CCCCN2)n1. The highest BCUT2D eigenvalue weighted by Gasteiger charge is 2.15. The molecule has 4 nitrogen and oxygen atoms in total.